The van der Waals surface area contributed by atoms with Crippen molar-refractivity contribution in [3.05, 3.63) is 11.6 Å². The van der Waals surface area contributed by atoms with Gasteiger partial charge < -0.3 is 9.79 Å². The largest absolute Gasteiger partial charge is 0.329 e. The van der Waals surface area contributed by atoms with Gasteiger partial charge in [0.1, 0.15) is 0 Å². The van der Waals surface area contributed by atoms with E-state index in [1.165, 1.54) is 0 Å². The van der Waals surface area contributed by atoms with E-state index in [4.69, 9.17) is 9.79 Å². The Balaban J connectivity index is 2.15. The fraction of sp³-hybridized carbons (Fsp3) is 0.800. The standard InChI is InChI=1S/C10H17O3P/c1-10(2)8-4-3-7(9(10)5-8)6-14(11,12)13/h3,8-9H,4-6H2,1-2H3,(H2,11,12,13). The molecule has 0 aromatic carbocycles. The molecule has 3 rings (SSSR count). The smallest absolute Gasteiger partial charge is 0.324 e. The predicted molar refractivity (Wildman–Crippen MR) is 55.0 cm³/mol. The van der Waals surface area contributed by atoms with Crippen molar-refractivity contribution in [2.45, 2.75) is 26.7 Å². The van der Waals surface area contributed by atoms with E-state index >= 15 is 0 Å². The summed E-state index contributed by atoms with van der Waals surface area (Å²) in [7, 11) is -3.87. The Morgan fingerprint density at radius 2 is 2.21 bits per heavy atom. The van der Waals surface area contributed by atoms with Crippen molar-refractivity contribution in [2.24, 2.45) is 17.3 Å². The monoisotopic (exact) mass is 216 g/mol. The molecule has 3 aliphatic rings. The Bertz CT molecular complexity index is 326. The lowest BCUT2D eigenvalue weighted by molar-refractivity contribution is -0.00583. The molecule has 3 aliphatic carbocycles. The SMILES string of the molecule is CC1(C)C2CC=C(CP(=O)(O)O)C1C2. The van der Waals surface area contributed by atoms with Crippen LogP contribution in [0, 0.1) is 17.3 Å². The van der Waals surface area contributed by atoms with Crippen LogP contribution in [-0.4, -0.2) is 15.9 Å². The van der Waals surface area contributed by atoms with E-state index < -0.39 is 7.60 Å². The zero-order chi connectivity index (χ0) is 10.6. The van der Waals surface area contributed by atoms with Crippen LogP contribution < -0.4 is 0 Å². The second-order valence-electron chi connectivity index (χ2n) is 5.14. The minimum absolute atomic E-state index is 0.0339. The van der Waals surface area contributed by atoms with E-state index in [9.17, 15) is 4.57 Å². The molecule has 3 nitrogen and oxygen atoms in total. The van der Waals surface area contributed by atoms with Crippen molar-refractivity contribution < 1.29 is 14.4 Å². The average Bonchev–Trinajstić information content (AvgIpc) is 2.00. The first-order valence-corrected chi connectivity index (χ1v) is 6.84. The summed E-state index contributed by atoms with van der Waals surface area (Å²) in [5.41, 5.74) is 1.25. The van der Waals surface area contributed by atoms with Crippen LogP contribution >= 0.6 is 7.60 Å². The lowest BCUT2D eigenvalue weighted by Crippen LogP contribution is -2.48. The fourth-order valence-corrected chi connectivity index (χ4v) is 3.72. The van der Waals surface area contributed by atoms with Crippen LogP contribution in [0.4, 0.5) is 0 Å². The third-order valence-corrected chi connectivity index (χ3v) is 4.75. The summed E-state index contributed by atoms with van der Waals surface area (Å²) in [5.74, 6) is 1.14. The zero-order valence-corrected chi connectivity index (χ0v) is 9.50. The Labute approximate surface area is 84.4 Å². The molecule has 0 amide bonds. The van der Waals surface area contributed by atoms with Crippen molar-refractivity contribution in [1.29, 1.82) is 0 Å². The molecular formula is C10H17O3P. The van der Waals surface area contributed by atoms with Gasteiger partial charge in [-0.1, -0.05) is 25.5 Å². The van der Waals surface area contributed by atoms with E-state index in [1.807, 2.05) is 6.08 Å². The van der Waals surface area contributed by atoms with Crippen LogP contribution in [0.2, 0.25) is 0 Å². The predicted octanol–water partition coefficient (Wildman–Crippen LogP) is 2.16. The van der Waals surface area contributed by atoms with Crippen molar-refractivity contribution in [1.82, 2.24) is 0 Å². The molecule has 0 heterocycles. The normalized spacial score (nSPS) is 34.7. The maximum atomic E-state index is 10.9. The molecule has 4 heteroatoms. The molecule has 0 aromatic heterocycles. The van der Waals surface area contributed by atoms with Crippen molar-refractivity contribution >= 4 is 7.60 Å². The van der Waals surface area contributed by atoms with E-state index in [0.29, 0.717) is 5.92 Å². The summed E-state index contributed by atoms with van der Waals surface area (Å²) in [4.78, 5) is 17.9. The molecule has 2 N–H and O–H groups in total. The van der Waals surface area contributed by atoms with Crippen LogP contribution in [0.3, 0.4) is 0 Å². The highest BCUT2D eigenvalue weighted by Crippen LogP contribution is 2.60. The van der Waals surface area contributed by atoms with Gasteiger partial charge >= 0.3 is 7.60 Å². The van der Waals surface area contributed by atoms with Crippen molar-refractivity contribution in [2.75, 3.05) is 6.16 Å². The first-order chi connectivity index (χ1) is 6.31. The second kappa shape index (κ2) is 2.94. The van der Waals surface area contributed by atoms with Gasteiger partial charge in [0.05, 0.1) is 6.16 Å². The van der Waals surface area contributed by atoms with Gasteiger partial charge in [-0.25, -0.2) is 0 Å². The molecule has 0 aromatic rings. The van der Waals surface area contributed by atoms with Gasteiger partial charge in [0.15, 0.2) is 0 Å². The molecule has 1 fully saturated rings. The molecule has 0 saturated heterocycles. The average molecular weight is 216 g/mol. The number of rotatable bonds is 2. The number of fused-ring (bicyclic) bond motifs is 1. The molecule has 2 atom stereocenters. The summed E-state index contributed by atoms with van der Waals surface area (Å²) in [6, 6.07) is 0. The van der Waals surface area contributed by atoms with E-state index in [-0.39, 0.29) is 11.6 Å². The Morgan fingerprint density at radius 3 is 2.64 bits per heavy atom. The van der Waals surface area contributed by atoms with Crippen LogP contribution in [0.5, 0.6) is 0 Å². The molecule has 14 heavy (non-hydrogen) atoms. The Morgan fingerprint density at radius 1 is 1.57 bits per heavy atom. The van der Waals surface area contributed by atoms with Crippen molar-refractivity contribution in [3.63, 3.8) is 0 Å². The van der Waals surface area contributed by atoms with Gasteiger partial charge in [0.2, 0.25) is 0 Å². The number of allylic oxidation sites excluding steroid dienone is 2. The molecule has 2 unspecified atom stereocenters. The van der Waals surface area contributed by atoms with Gasteiger partial charge in [-0.3, -0.25) is 4.57 Å². The number of hydrogen-bond acceptors (Lipinski definition) is 1. The van der Waals surface area contributed by atoms with Gasteiger partial charge in [-0.05, 0) is 30.1 Å². The van der Waals surface area contributed by atoms with Gasteiger partial charge in [-0.2, -0.15) is 0 Å². The van der Waals surface area contributed by atoms with Crippen LogP contribution in [0.1, 0.15) is 26.7 Å². The topological polar surface area (TPSA) is 57.5 Å². The third-order valence-electron chi connectivity index (χ3n) is 3.97. The molecule has 80 valence electrons. The van der Waals surface area contributed by atoms with Crippen LogP contribution in [0.15, 0.2) is 11.6 Å². The first-order valence-electron chi connectivity index (χ1n) is 5.04. The quantitative estimate of drug-likeness (QED) is 0.549. The van der Waals surface area contributed by atoms with Gasteiger partial charge in [-0.15, -0.1) is 0 Å². The highest BCUT2D eigenvalue weighted by Gasteiger charge is 2.51. The fourth-order valence-electron chi connectivity index (χ4n) is 2.89. The second-order valence-corrected chi connectivity index (χ2v) is 6.79. The minimum atomic E-state index is -3.87. The molecular weight excluding hydrogens is 199 g/mol. The summed E-state index contributed by atoms with van der Waals surface area (Å²) >= 11 is 0. The molecule has 0 radical (unpaired) electrons. The minimum Gasteiger partial charge on any atom is -0.324 e. The van der Waals surface area contributed by atoms with Crippen LogP contribution in [-0.2, 0) is 4.57 Å². The van der Waals surface area contributed by atoms with Gasteiger partial charge in [0.25, 0.3) is 0 Å². The van der Waals surface area contributed by atoms with Crippen LogP contribution in [0.25, 0.3) is 0 Å². The van der Waals surface area contributed by atoms with Gasteiger partial charge in [0, 0.05) is 0 Å². The molecule has 0 aliphatic heterocycles. The molecule has 2 bridgehead atoms. The van der Waals surface area contributed by atoms with E-state index in [2.05, 4.69) is 13.8 Å². The third kappa shape index (κ3) is 1.58. The summed E-state index contributed by atoms with van der Waals surface area (Å²) in [6.45, 7) is 4.41. The lowest BCUT2D eigenvalue weighted by Gasteiger charge is -2.56. The highest BCUT2D eigenvalue weighted by atomic mass is 31.2. The zero-order valence-electron chi connectivity index (χ0n) is 8.60. The molecule has 0 spiro atoms. The van der Waals surface area contributed by atoms with Crippen molar-refractivity contribution in [3.8, 4) is 0 Å². The van der Waals surface area contributed by atoms with E-state index in [0.717, 1.165) is 24.3 Å². The molecule has 1 saturated carbocycles. The summed E-state index contributed by atoms with van der Waals surface area (Å²) < 4.78 is 10.9. The Kier molecular flexibility index (Phi) is 2.19. The maximum Gasteiger partial charge on any atom is 0.329 e. The lowest BCUT2D eigenvalue weighted by atomic mass is 9.49. The highest BCUT2D eigenvalue weighted by molar-refractivity contribution is 7.52. The number of hydrogen-bond donors (Lipinski definition) is 2. The first kappa shape index (κ1) is 10.4. The maximum absolute atomic E-state index is 10.9. The summed E-state index contributed by atoms with van der Waals surface area (Å²) in [6.07, 6.45) is 4.13. The Hall–Kier alpha value is -0.110. The summed E-state index contributed by atoms with van der Waals surface area (Å²) in [5, 5.41) is 0. The van der Waals surface area contributed by atoms with E-state index in [1.54, 1.807) is 0 Å².